The fourth-order valence-electron chi connectivity index (χ4n) is 1.21. The SMILES string of the molecule is C#CCCCNS(=O)(=O)c1ccc(N)cc1Br. The van der Waals surface area contributed by atoms with Crippen LogP contribution in [0.3, 0.4) is 0 Å². The molecule has 0 spiro atoms. The van der Waals surface area contributed by atoms with Crippen LogP contribution in [0.2, 0.25) is 0 Å². The number of hydrogen-bond donors (Lipinski definition) is 2. The smallest absolute Gasteiger partial charge is 0.241 e. The van der Waals surface area contributed by atoms with Crippen LogP contribution in [0.5, 0.6) is 0 Å². The summed E-state index contributed by atoms with van der Waals surface area (Å²) in [5.41, 5.74) is 6.05. The van der Waals surface area contributed by atoms with Crippen molar-refractivity contribution in [3.63, 3.8) is 0 Å². The molecule has 0 atom stereocenters. The molecule has 0 radical (unpaired) electrons. The van der Waals surface area contributed by atoms with Crippen LogP contribution >= 0.6 is 15.9 Å². The summed E-state index contributed by atoms with van der Waals surface area (Å²) in [5, 5.41) is 0. The van der Waals surface area contributed by atoms with Crippen LogP contribution in [-0.4, -0.2) is 15.0 Å². The summed E-state index contributed by atoms with van der Waals surface area (Å²) in [4.78, 5) is 0.174. The van der Waals surface area contributed by atoms with Crippen LogP contribution in [0.25, 0.3) is 0 Å². The van der Waals surface area contributed by atoms with E-state index in [2.05, 4.69) is 26.6 Å². The van der Waals surface area contributed by atoms with Crippen molar-refractivity contribution in [2.45, 2.75) is 17.7 Å². The lowest BCUT2D eigenvalue weighted by molar-refractivity contribution is 0.579. The highest BCUT2D eigenvalue weighted by atomic mass is 79.9. The van der Waals surface area contributed by atoms with E-state index < -0.39 is 10.0 Å². The van der Waals surface area contributed by atoms with Gasteiger partial charge in [0.25, 0.3) is 0 Å². The summed E-state index contributed by atoms with van der Waals surface area (Å²) < 4.78 is 26.7. The zero-order chi connectivity index (χ0) is 12.9. The number of unbranched alkanes of at least 4 members (excludes halogenated alkanes) is 1. The van der Waals surface area contributed by atoms with Crippen molar-refractivity contribution in [3.8, 4) is 12.3 Å². The molecule has 0 aliphatic heterocycles. The predicted octanol–water partition coefficient (Wildman–Crippen LogP) is 1.72. The predicted molar refractivity (Wildman–Crippen MR) is 71.8 cm³/mol. The molecule has 1 aromatic rings. The molecule has 17 heavy (non-hydrogen) atoms. The fraction of sp³-hybridized carbons (Fsp3) is 0.273. The van der Waals surface area contributed by atoms with E-state index >= 15 is 0 Å². The maximum Gasteiger partial charge on any atom is 0.241 e. The van der Waals surface area contributed by atoms with Crippen LogP contribution in [0, 0.1) is 12.3 Å². The number of hydrogen-bond acceptors (Lipinski definition) is 3. The van der Waals surface area contributed by atoms with E-state index in [4.69, 9.17) is 12.2 Å². The van der Waals surface area contributed by atoms with Crippen molar-refractivity contribution in [2.24, 2.45) is 0 Å². The second-order valence-corrected chi connectivity index (χ2v) is 5.99. The number of rotatable bonds is 5. The van der Waals surface area contributed by atoms with Crippen LogP contribution in [0.15, 0.2) is 27.6 Å². The molecule has 1 aromatic carbocycles. The third kappa shape index (κ3) is 4.04. The van der Waals surface area contributed by atoms with E-state index in [9.17, 15) is 8.42 Å². The molecule has 6 heteroatoms. The van der Waals surface area contributed by atoms with Crippen LogP contribution < -0.4 is 10.5 Å². The molecule has 0 aliphatic carbocycles. The van der Waals surface area contributed by atoms with Crippen molar-refractivity contribution >= 4 is 31.6 Å². The molecule has 0 aromatic heterocycles. The van der Waals surface area contributed by atoms with E-state index in [0.29, 0.717) is 29.5 Å². The third-order valence-electron chi connectivity index (χ3n) is 2.04. The zero-order valence-electron chi connectivity index (χ0n) is 9.11. The molecular formula is C11H13BrN2O2S. The highest BCUT2D eigenvalue weighted by Crippen LogP contribution is 2.23. The molecule has 0 fully saturated rings. The Morgan fingerprint density at radius 3 is 2.76 bits per heavy atom. The number of benzene rings is 1. The minimum absolute atomic E-state index is 0.174. The second-order valence-electron chi connectivity index (χ2n) is 3.40. The number of halogens is 1. The van der Waals surface area contributed by atoms with Crippen molar-refractivity contribution < 1.29 is 8.42 Å². The molecule has 0 bridgehead atoms. The molecule has 4 nitrogen and oxygen atoms in total. The highest BCUT2D eigenvalue weighted by Gasteiger charge is 2.16. The third-order valence-corrected chi connectivity index (χ3v) is 4.47. The van der Waals surface area contributed by atoms with Gasteiger partial charge in [0.15, 0.2) is 0 Å². The van der Waals surface area contributed by atoms with Crippen molar-refractivity contribution in [3.05, 3.63) is 22.7 Å². The van der Waals surface area contributed by atoms with Gasteiger partial charge in [0.2, 0.25) is 10.0 Å². The number of anilines is 1. The van der Waals surface area contributed by atoms with E-state index in [1.807, 2.05) is 0 Å². The molecule has 0 amide bonds. The lowest BCUT2D eigenvalue weighted by Crippen LogP contribution is -2.25. The van der Waals surface area contributed by atoms with Gasteiger partial charge in [-0.1, -0.05) is 0 Å². The van der Waals surface area contributed by atoms with Gasteiger partial charge >= 0.3 is 0 Å². The Kier molecular flexibility index (Phi) is 5.00. The Labute approximate surface area is 110 Å². The Morgan fingerprint density at radius 2 is 2.18 bits per heavy atom. The summed E-state index contributed by atoms with van der Waals surface area (Å²) in [7, 11) is -3.51. The van der Waals surface area contributed by atoms with Gasteiger partial charge in [-0.2, -0.15) is 0 Å². The van der Waals surface area contributed by atoms with Gasteiger partial charge in [-0.25, -0.2) is 13.1 Å². The molecule has 0 aliphatic rings. The summed E-state index contributed by atoms with van der Waals surface area (Å²) in [5.74, 6) is 2.45. The van der Waals surface area contributed by atoms with Gasteiger partial charge in [0.05, 0.1) is 4.90 Å². The van der Waals surface area contributed by atoms with Crippen molar-refractivity contribution in [1.82, 2.24) is 4.72 Å². The number of nitrogen functional groups attached to an aromatic ring is 1. The fourth-order valence-corrected chi connectivity index (χ4v) is 3.38. The standard InChI is InChI=1S/C11H13BrN2O2S/c1-2-3-4-7-14-17(15,16)11-6-5-9(13)8-10(11)12/h1,5-6,8,14H,3-4,7,13H2. The highest BCUT2D eigenvalue weighted by molar-refractivity contribution is 9.10. The van der Waals surface area contributed by atoms with Gasteiger partial charge in [-0.15, -0.1) is 12.3 Å². The number of sulfonamides is 1. The average molecular weight is 317 g/mol. The number of nitrogens with one attached hydrogen (secondary N) is 1. The van der Waals surface area contributed by atoms with Crippen molar-refractivity contribution in [2.75, 3.05) is 12.3 Å². The Bertz CT molecular complexity index is 535. The molecule has 0 heterocycles. The summed E-state index contributed by atoms with van der Waals surface area (Å²) in [6, 6.07) is 4.56. The molecular weight excluding hydrogens is 304 g/mol. The van der Waals surface area contributed by atoms with Gasteiger partial charge in [-0.05, 0) is 40.5 Å². The first-order chi connectivity index (χ1) is 7.97. The second kappa shape index (κ2) is 6.05. The normalized spacial score (nSPS) is 11.1. The lowest BCUT2D eigenvalue weighted by atomic mass is 10.3. The topological polar surface area (TPSA) is 72.2 Å². The number of nitrogens with two attached hydrogens (primary N) is 1. The van der Waals surface area contributed by atoms with Crippen LogP contribution in [-0.2, 0) is 10.0 Å². The Hall–Kier alpha value is -1.03. The lowest BCUT2D eigenvalue weighted by Gasteiger charge is -2.08. The molecule has 0 unspecified atom stereocenters. The Morgan fingerprint density at radius 1 is 1.47 bits per heavy atom. The van der Waals surface area contributed by atoms with Crippen LogP contribution in [0.1, 0.15) is 12.8 Å². The summed E-state index contributed by atoms with van der Waals surface area (Å²) in [6.45, 7) is 0.323. The summed E-state index contributed by atoms with van der Waals surface area (Å²) >= 11 is 3.17. The van der Waals surface area contributed by atoms with Gasteiger partial charge in [-0.3, -0.25) is 0 Å². The maximum atomic E-state index is 11.9. The molecule has 0 saturated carbocycles. The minimum Gasteiger partial charge on any atom is -0.399 e. The largest absolute Gasteiger partial charge is 0.399 e. The zero-order valence-corrected chi connectivity index (χ0v) is 11.5. The molecule has 3 N–H and O–H groups in total. The van der Waals surface area contributed by atoms with E-state index in [-0.39, 0.29) is 4.90 Å². The first kappa shape index (κ1) is 14.0. The van der Waals surface area contributed by atoms with Gasteiger partial charge in [0, 0.05) is 23.1 Å². The van der Waals surface area contributed by atoms with Crippen molar-refractivity contribution in [1.29, 1.82) is 0 Å². The number of terminal acetylenes is 1. The maximum absolute atomic E-state index is 11.9. The molecule has 1 rings (SSSR count). The minimum atomic E-state index is -3.51. The summed E-state index contributed by atoms with van der Waals surface area (Å²) in [6.07, 6.45) is 6.24. The van der Waals surface area contributed by atoms with E-state index in [1.165, 1.54) is 6.07 Å². The first-order valence-corrected chi connectivity index (χ1v) is 7.23. The molecule has 92 valence electrons. The van der Waals surface area contributed by atoms with Gasteiger partial charge in [0.1, 0.15) is 0 Å². The van der Waals surface area contributed by atoms with E-state index in [0.717, 1.165) is 0 Å². The first-order valence-electron chi connectivity index (χ1n) is 4.95. The average Bonchev–Trinajstić information content (AvgIpc) is 2.24. The van der Waals surface area contributed by atoms with Gasteiger partial charge < -0.3 is 5.73 Å². The Balaban J connectivity index is 2.80. The monoisotopic (exact) mass is 316 g/mol. The van der Waals surface area contributed by atoms with E-state index in [1.54, 1.807) is 12.1 Å². The quantitative estimate of drug-likeness (QED) is 0.493. The molecule has 0 saturated heterocycles. The van der Waals surface area contributed by atoms with Crippen LogP contribution in [0.4, 0.5) is 5.69 Å².